The van der Waals surface area contributed by atoms with E-state index in [0.717, 1.165) is 24.3 Å². The van der Waals surface area contributed by atoms with Gasteiger partial charge in [-0.25, -0.2) is 0 Å². The van der Waals surface area contributed by atoms with E-state index in [4.69, 9.17) is 4.74 Å². The quantitative estimate of drug-likeness (QED) is 0.941. The van der Waals surface area contributed by atoms with E-state index in [0.29, 0.717) is 12.3 Å². The third kappa shape index (κ3) is 3.16. The molecule has 4 nitrogen and oxygen atoms in total. The molecule has 0 saturated heterocycles. The van der Waals surface area contributed by atoms with Gasteiger partial charge in [0, 0.05) is 13.1 Å². The van der Waals surface area contributed by atoms with Gasteiger partial charge in [-0.05, 0) is 30.7 Å². The van der Waals surface area contributed by atoms with Crippen LogP contribution in [0.5, 0.6) is 5.75 Å². The van der Waals surface area contributed by atoms with Crippen molar-refractivity contribution >= 4 is 17.3 Å². The smallest absolute Gasteiger partial charge is 0.264 e. The number of hydrogen-bond donors (Lipinski definition) is 1. The minimum Gasteiger partial charge on any atom is -0.484 e. The number of amides is 1. The highest BCUT2D eigenvalue weighted by Gasteiger charge is 2.20. The lowest BCUT2D eigenvalue weighted by Crippen LogP contribution is -2.35. The molecule has 1 aliphatic heterocycles. The lowest BCUT2D eigenvalue weighted by atomic mass is 10.2. The highest BCUT2D eigenvalue weighted by molar-refractivity contribution is 5.97. The van der Waals surface area contributed by atoms with Gasteiger partial charge in [-0.3, -0.25) is 4.79 Å². The van der Waals surface area contributed by atoms with Crippen molar-refractivity contribution in [3.8, 4) is 5.75 Å². The van der Waals surface area contributed by atoms with Gasteiger partial charge in [-0.15, -0.1) is 0 Å². The minimum atomic E-state index is -0.0185. The van der Waals surface area contributed by atoms with Crippen molar-refractivity contribution in [1.29, 1.82) is 0 Å². The maximum Gasteiger partial charge on any atom is 0.264 e. The lowest BCUT2D eigenvalue weighted by Gasteiger charge is -2.22. The fourth-order valence-electron chi connectivity index (χ4n) is 2.44. The number of ether oxygens (including phenoxy) is 1. The zero-order valence-corrected chi connectivity index (χ0v) is 11.8. The zero-order valence-electron chi connectivity index (χ0n) is 11.8. The molecule has 2 aromatic carbocycles. The lowest BCUT2D eigenvalue weighted by molar-refractivity contribution is -0.120. The molecule has 1 heterocycles. The minimum absolute atomic E-state index is 0.0185. The summed E-state index contributed by atoms with van der Waals surface area (Å²) in [6.45, 7) is 1.64. The summed E-state index contributed by atoms with van der Waals surface area (Å²) in [5.74, 6) is 0.696. The summed E-state index contributed by atoms with van der Waals surface area (Å²) in [6, 6.07) is 17.3. The molecule has 0 atom stereocenters. The fourth-order valence-corrected chi connectivity index (χ4v) is 2.44. The molecule has 3 rings (SSSR count). The van der Waals surface area contributed by atoms with Crippen LogP contribution < -0.4 is 15.0 Å². The average molecular weight is 282 g/mol. The van der Waals surface area contributed by atoms with Crippen molar-refractivity contribution in [1.82, 2.24) is 0 Å². The number of hydrogen-bond acceptors (Lipinski definition) is 3. The predicted octanol–water partition coefficient (Wildman–Crippen LogP) is 2.91. The third-order valence-corrected chi connectivity index (χ3v) is 3.48. The first-order valence-electron chi connectivity index (χ1n) is 7.16. The van der Waals surface area contributed by atoms with Gasteiger partial charge in [0.05, 0.1) is 11.4 Å². The van der Waals surface area contributed by atoms with E-state index in [2.05, 4.69) is 5.32 Å². The van der Waals surface area contributed by atoms with Crippen LogP contribution in [-0.2, 0) is 4.79 Å². The van der Waals surface area contributed by atoms with Gasteiger partial charge in [-0.1, -0.05) is 30.3 Å². The van der Waals surface area contributed by atoms with Gasteiger partial charge in [0.2, 0.25) is 0 Å². The van der Waals surface area contributed by atoms with Crippen molar-refractivity contribution in [2.24, 2.45) is 0 Å². The Morgan fingerprint density at radius 1 is 1.10 bits per heavy atom. The second kappa shape index (κ2) is 6.31. The molecule has 0 bridgehead atoms. The first-order chi connectivity index (χ1) is 10.3. The molecule has 0 fully saturated rings. The molecular formula is C17H18N2O2. The van der Waals surface area contributed by atoms with Crippen molar-refractivity contribution in [2.45, 2.75) is 6.42 Å². The fraction of sp³-hybridized carbons (Fsp3) is 0.235. The third-order valence-electron chi connectivity index (χ3n) is 3.48. The number of fused-ring (bicyclic) bond motifs is 1. The molecule has 2 aromatic rings. The number of carbonyl (C=O) groups is 1. The number of anilines is 2. The molecule has 1 aliphatic rings. The molecule has 0 aromatic heterocycles. The van der Waals surface area contributed by atoms with Gasteiger partial charge in [0.1, 0.15) is 5.75 Å². The van der Waals surface area contributed by atoms with Crippen LogP contribution in [0.2, 0.25) is 0 Å². The Labute approximate surface area is 124 Å². The summed E-state index contributed by atoms with van der Waals surface area (Å²) in [6.07, 6.45) is 0.922. The Morgan fingerprint density at radius 3 is 2.71 bits per heavy atom. The molecule has 0 aliphatic carbocycles. The molecule has 4 heteroatoms. The van der Waals surface area contributed by atoms with Crippen LogP contribution in [0.1, 0.15) is 6.42 Å². The normalized spacial score (nSPS) is 13.8. The molecule has 0 saturated carbocycles. The summed E-state index contributed by atoms with van der Waals surface area (Å²) in [5, 5.41) is 3.35. The molecule has 0 unspecified atom stereocenters. The Balaban J connectivity index is 1.72. The number of nitrogens with zero attached hydrogens (tertiary/aromatic N) is 1. The molecule has 0 radical (unpaired) electrons. The first-order valence-corrected chi connectivity index (χ1v) is 7.16. The van der Waals surface area contributed by atoms with Gasteiger partial charge in [0.25, 0.3) is 5.91 Å². The van der Waals surface area contributed by atoms with E-state index in [-0.39, 0.29) is 12.5 Å². The maximum absolute atomic E-state index is 12.5. The summed E-state index contributed by atoms with van der Waals surface area (Å²) in [4.78, 5) is 14.3. The largest absolute Gasteiger partial charge is 0.484 e. The molecular weight excluding hydrogens is 264 g/mol. The van der Waals surface area contributed by atoms with Gasteiger partial charge >= 0.3 is 0 Å². The maximum atomic E-state index is 12.5. The number of benzene rings is 2. The zero-order chi connectivity index (χ0) is 14.5. The Bertz CT molecular complexity index is 613. The van der Waals surface area contributed by atoms with E-state index in [1.807, 2.05) is 54.6 Å². The van der Waals surface area contributed by atoms with E-state index >= 15 is 0 Å². The molecule has 108 valence electrons. The van der Waals surface area contributed by atoms with E-state index in [1.165, 1.54) is 0 Å². The van der Waals surface area contributed by atoms with Gasteiger partial charge in [0.15, 0.2) is 6.61 Å². The number of rotatable bonds is 3. The van der Waals surface area contributed by atoms with E-state index in [9.17, 15) is 4.79 Å². The van der Waals surface area contributed by atoms with Crippen LogP contribution in [0.25, 0.3) is 0 Å². The summed E-state index contributed by atoms with van der Waals surface area (Å²) < 4.78 is 5.57. The first kappa shape index (κ1) is 13.5. The second-order valence-electron chi connectivity index (χ2n) is 4.94. The van der Waals surface area contributed by atoms with Crippen molar-refractivity contribution in [3.05, 3.63) is 54.6 Å². The van der Waals surface area contributed by atoms with Crippen LogP contribution in [0.15, 0.2) is 54.6 Å². The predicted molar refractivity (Wildman–Crippen MR) is 83.8 cm³/mol. The molecule has 21 heavy (non-hydrogen) atoms. The van der Waals surface area contributed by atoms with Crippen molar-refractivity contribution in [3.63, 3.8) is 0 Å². The highest BCUT2D eigenvalue weighted by atomic mass is 16.5. The highest BCUT2D eigenvalue weighted by Crippen LogP contribution is 2.28. The SMILES string of the molecule is O=C(COc1ccccc1)N1CCCNc2ccccc21. The second-order valence-corrected chi connectivity index (χ2v) is 4.94. The summed E-state index contributed by atoms with van der Waals surface area (Å²) >= 11 is 0. The number of para-hydroxylation sites is 3. The summed E-state index contributed by atoms with van der Waals surface area (Å²) in [5.41, 5.74) is 1.93. The van der Waals surface area contributed by atoms with Gasteiger partial charge in [-0.2, -0.15) is 0 Å². The molecule has 0 spiro atoms. The van der Waals surface area contributed by atoms with Gasteiger partial charge < -0.3 is 15.0 Å². The Kier molecular flexibility index (Phi) is 4.05. The van der Waals surface area contributed by atoms with E-state index in [1.54, 1.807) is 4.90 Å². The van der Waals surface area contributed by atoms with Crippen LogP contribution >= 0.6 is 0 Å². The monoisotopic (exact) mass is 282 g/mol. The number of nitrogens with one attached hydrogen (secondary N) is 1. The molecule has 1 N–H and O–H groups in total. The van der Waals surface area contributed by atoms with Crippen molar-refractivity contribution < 1.29 is 9.53 Å². The summed E-state index contributed by atoms with van der Waals surface area (Å²) in [7, 11) is 0. The van der Waals surface area contributed by atoms with Crippen LogP contribution in [0.4, 0.5) is 11.4 Å². The van der Waals surface area contributed by atoms with Crippen LogP contribution in [-0.4, -0.2) is 25.6 Å². The average Bonchev–Trinajstić information content (AvgIpc) is 2.76. The Hall–Kier alpha value is -2.49. The molecule has 1 amide bonds. The van der Waals surface area contributed by atoms with E-state index < -0.39 is 0 Å². The van der Waals surface area contributed by atoms with Crippen LogP contribution in [0.3, 0.4) is 0 Å². The van der Waals surface area contributed by atoms with Crippen LogP contribution in [0, 0.1) is 0 Å². The standard InChI is InChI=1S/C17H18N2O2/c20-17(13-21-14-7-2-1-3-8-14)19-12-6-11-18-15-9-4-5-10-16(15)19/h1-5,7-10,18H,6,11-13H2. The Morgan fingerprint density at radius 2 is 1.86 bits per heavy atom. The topological polar surface area (TPSA) is 41.6 Å². The van der Waals surface area contributed by atoms with Crippen molar-refractivity contribution in [2.75, 3.05) is 29.9 Å². The number of carbonyl (C=O) groups excluding carboxylic acids is 1.